The number of aromatic nitrogens is 1. The fraction of sp³-hybridized carbons (Fsp3) is 0.583. The first-order valence-corrected chi connectivity index (χ1v) is 8.49. The van der Waals surface area contributed by atoms with Gasteiger partial charge in [-0.2, -0.15) is 0 Å². The molecule has 0 saturated heterocycles. The van der Waals surface area contributed by atoms with Crippen LogP contribution in [-0.4, -0.2) is 36.9 Å². The first-order valence-electron chi connectivity index (χ1n) is 6.18. The molecule has 0 aliphatic rings. The van der Waals surface area contributed by atoms with Crippen LogP contribution in [0.5, 0.6) is 0 Å². The van der Waals surface area contributed by atoms with Gasteiger partial charge in [-0.05, 0) is 33.8 Å². The highest BCUT2D eigenvalue weighted by Crippen LogP contribution is 2.22. The number of amides is 1. The van der Waals surface area contributed by atoms with Crippen molar-refractivity contribution in [2.24, 2.45) is 0 Å². The van der Waals surface area contributed by atoms with Gasteiger partial charge in [0.05, 0.1) is 0 Å². The van der Waals surface area contributed by atoms with Gasteiger partial charge in [0.2, 0.25) is 0 Å². The second-order valence-corrected chi connectivity index (χ2v) is 7.04. The predicted octanol–water partition coefficient (Wildman–Crippen LogP) is 2.48. The third kappa shape index (κ3) is 3.51. The summed E-state index contributed by atoms with van der Waals surface area (Å²) in [6, 6.07) is 1.31. The van der Waals surface area contributed by atoms with Gasteiger partial charge in [-0.25, -0.2) is 8.42 Å². The Bertz CT molecular complexity index is 560. The molecule has 0 bridgehead atoms. The van der Waals surface area contributed by atoms with E-state index in [1.54, 1.807) is 9.47 Å². The fourth-order valence-corrected chi connectivity index (χ4v) is 2.60. The van der Waals surface area contributed by atoms with Crippen molar-refractivity contribution in [1.29, 1.82) is 0 Å². The summed E-state index contributed by atoms with van der Waals surface area (Å²) < 4.78 is 24.4. The average molecular weight is 307 g/mol. The standard InChI is InChI=1S/C12H19ClN2O3S/c1-5-14(6-2)12(16)11-7-10(19(13,17)18)8-15(11)9(3)4/h7-9H,5-6H2,1-4H3. The molecule has 7 heteroatoms. The molecule has 1 aromatic heterocycles. The van der Waals surface area contributed by atoms with Crippen LogP contribution >= 0.6 is 10.7 Å². The van der Waals surface area contributed by atoms with Gasteiger partial charge in [-0.1, -0.05) is 0 Å². The maximum absolute atomic E-state index is 12.3. The lowest BCUT2D eigenvalue weighted by Crippen LogP contribution is -2.32. The number of halogens is 1. The van der Waals surface area contributed by atoms with E-state index in [2.05, 4.69) is 0 Å². The van der Waals surface area contributed by atoms with Crippen molar-refractivity contribution in [3.05, 3.63) is 18.0 Å². The van der Waals surface area contributed by atoms with E-state index in [1.165, 1.54) is 12.3 Å². The molecule has 108 valence electrons. The zero-order chi connectivity index (χ0) is 14.8. The van der Waals surface area contributed by atoms with Crippen LogP contribution in [0.3, 0.4) is 0 Å². The zero-order valence-electron chi connectivity index (χ0n) is 11.6. The van der Waals surface area contributed by atoms with Crippen molar-refractivity contribution in [3.8, 4) is 0 Å². The zero-order valence-corrected chi connectivity index (χ0v) is 13.1. The van der Waals surface area contributed by atoms with Crippen LogP contribution in [0.1, 0.15) is 44.2 Å². The van der Waals surface area contributed by atoms with Crippen LogP contribution in [0.15, 0.2) is 17.2 Å². The lowest BCUT2D eigenvalue weighted by atomic mass is 10.3. The molecule has 0 atom stereocenters. The van der Waals surface area contributed by atoms with Gasteiger partial charge in [0, 0.05) is 36.0 Å². The minimum atomic E-state index is -3.83. The molecule has 0 N–H and O–H groups in total. The van der Waals surface area contributed by atoms with Crippen LogP contribution in [0.25, 0.3) is 0 Å². The molecule has 5 nitrogen and oxygen atoms in total. The number of hydrogen-bond acceptors (Lipinski definition) is 3. The third-order valence-electron chi connectivity index (χ3n) is 2.93. The Morgan fingerprint density at radius 3 is 2.26 bits per heavy atom. The van der Waals surface area contributed by atoms with E-state index >= 15 is 0 Å². The molecule has 1 heterocycles. The highest BCUT2D eigenvalue weighted by molar-refractivity contribution is 8.13. The van der Waals surface area contributed by atoms with Crippen molar-refractivity contribution >= 4 is 25.6 Å². The minimum Gasteiger partial charge on any atom is -0.340 e. The lowest BCUT2D eigenvalue weighted by Gasteiger charge is -2.20. The first kappa shape index (κ1) is 16.0. The number of carbonyl (C=O) groups excluding carboxylic acids is 1. The third-order valence-corrected chi connectivity index (χ3v) is 4.25. The molecule has 0 aromatic carbocycles. The van der Waals surface area contributed by atoms with E-state index in [9.17, 15) is 13.2 Å². The summed E-state index contributed by atoms with van der Waals surface area (Å²) in [5, 5.41) is 0. The van der Waals surface area contributed by atoms with Gasteiger partial charge in [-0.3, -0.25) is 4.79 Å². The van der Waals surface area contributed by atoms with Crippen molar-refractivity contribution in [2.75, 3.05) is 13.1 Å². The summed E-state index contributed by atoms with van der Waals surface area (Å²) in [5.41, 5.74) is 0.345. The van der Waals surface area contributed by atoms with E-state index in [1.807, 2.05) is 27.7 Å². The Morgan fingerprint density at radius 1 is 1.37 bits per heavy atom. The lowest BCUT2D eigenvalue weighted by molar-refractivity contribution is 0.0760. The van der Waals surface area contributed by atoms with Gasteiger partial charge in [0.25, 0.3) is 15.0 Å². The SMILES string of the molecule is CCN(CC)C(=O)c1cc(S(=O)(=O)Cl)cn1C(C)C. The first-order chi connectivity index (χ1) is 8.72. The van der Waals surface area contributed by atoms with Gasteiger partial charge in [0.15, 0.2) is 0 Å². The molecule has 1 aromatic rings. The summed E-state index contributed by atoms with van der Waals surface area (Å²) in [4.78, 5) is 13.9. The number of rotatable bonds is 5. The maximum Gasteiger partial charge on any atom is 0.270 e. The molecular weight excluding hydrogens is 288 g/mol. The van der Waals surface area contributed by atoms with Gasteiger partial charge >= 0.3 is 0 Å². The van der Waals surface area contributed by atoms with Crippen molar-refractivity contribution < 1.29 is 13.2 Å². The summed E-state index contributed by atoms with van der Waals surface area (Å²) in [6.07, 6.45) is 1.41. The van der Waals surface area contributed by atoms with E-state index in [0.29, 0.717) is 18.8 Å². The smallest absolute Gasteiger partial charge is 0.270 e. The highest BCUT2D eigenvalue weighted by Gasteiger charge is 2.23. The van der Waals surface area contributed by atoms with E-state index in [4.69, 9.17) is 10.7 Å². The Hall–Kier alpha value is -1.01. The number of hydrogen-bond donors (Lipinski definition) is 0. The molecular formula is C12H19ClN2O3S. The number of nitrogens with zero attached hydrogens (tertiary/aromatic N) is 2. The number of carbonyl (C=O) groups is 1. The molecule has 19 heavy (non-hydrogen) atoms. The highest BCUT2D eigenvalue weighted by atomic mass is 35.7. The predicted molar refractivity (Wildman–Crippen MR) is 75.1 cm³/mol. The summed E-state index contributed by atoms with van der Waals surface area (Å²) >= 11 is 0. The molecule has 0 aliphatic heterocycles. The molecule has 1 rings (SSSR count). The van der Waals surface area contributed by atoms with Crippen LogP contribution < -0.4 is 0 Å². The second-order valence-electron chi connectivity index (χ2n) is 4.48. The minimum absolute atomic E-state index is 0.0262. The monoisotopic (exact) mass is 306 g/mol. The summed E-state index contributed by atoms with van der Waals surface area (Å²) in [7, 11) is 1.50. The van der Waals surface area contributed by atoms with Gasteiger partial charge < -0.3 is 9.47 Å². The largest absolute Gasteiger partial charge is 0.340 e. The molecule has 0 radical (unpaired) electrons. The van der Waals surface area contributed by atoms with Crippen LogP contribution in [-0.2, 0) is 9.05 Å². The Balaban J connectivity index is 3.34. The maximum atomic E-state index is 12.3. The molecule has 0 aliphatic carbocycles. The van der Waals surface area contributed by atoms with Crippen LogP contribution in [0.4, 0.5) is 0 Å². The molecule has 0 saturated carbocycles. The van der Waals surface area contributed by atoms with Crippen molar-refractivity contribution in [2.45, 2.75) is 38.6 Å². The molecule has 1 amide bonds. The Labute approximate surface area is 118 Å². The summed E-state index contributed by atoms with van der Waals surface area (Å²) in [5.74, 6) is -0.190. The van der Waals surface area contributed by atoms with E-state index in [0.717, 1.165) is 0 Å². The van der Waals surface area contributed by atoms with Crippen LogP contribution in [0.2, 0.25) is 0 Å². The Morgan fingerprint density at radius 2 is 1.89 bits per heavy atom. The normalized spacial score (nSPS) is 11.9. The Kier molecular flexibility index (Phi) is 5.04. The summed E-state index contributed by atoms with van der Waals surface area (Å²) in [6.45, 7) is 8.66. The van der Waals surface area contributed by atoms with Crippen molar-refractivity contribution in [3.63, 3.8) is 0 Å². The van der Waals surface area contributed by atoms with Gasteiger partial charge in [0.1, 0.15) is 10.6 Å². The topological polar surface area (TPSA) is 59.4 Å². The van der Waals surface area contributed by atoms with Gasteiger partial charge in [-0.15, -0.1) is 0 Å². The van der Waals surface area contributed by atoms with E-state index in [-0.39, 0.29) is 16.8 Å². The van der Waals surface area contributed by atoms with Crippen molar-refractivity contribution in [1.82, 2.24) is 9.47 Å². The quantitative estimate of drug-likeness (QED) is 0.785. The fourth-order valence-electron chi connectivity index (χ4n) is 1.86. The second kappa shape index (κ2) is 5.96. The molecule has 0 fully saturated rings. The molecule has 0 unspecified atom stereocenters. The average Bonchev–Trinajstić information content (AvgIpc) is 2.74. The van der Waals surface area contributed by atoms with E-state index < -0.39 is 9.05 Å². The molecule has 0 spiro atoms. The van der Waals surface area contributed by atoms with Crippen LogP contribution in [0, 0.1) is 0 Å².